The number of piperazine rings is 1. The molecule has 7 nitrogen and oxygen atoms in total. The molecular weight excluding hydrogens is 342 g/mol. The fourth-order valence-electron chi connectivity index (χ4n) is 3.32. The minimum Gasteiger partial charge on any atom is -0.494 e. The molecule has 1 fully saturated rings. The van der Waals surface area contributed by atoms with Crippen LogP contribution in [0.25, 0.3) is 0 Å². The summed E-state index contributed by atoms with van der Waals surface area (Å²) in [5.41, 5.74) is 3.37. The topological polar surface area (TPSA) is 66.1 Å². The smallest absolute Gasteiger partial charge is 0.194 e. The van der Waals surface area contributed by atoms with Gasteiger partial charge in [0.05, 0.1) is 12.3 Å². The van der Waals surface area contributed by atoms with Gasteiger partial charge in [0.1, 0.15) is 12.0 Å². The Balaban J connectivity index is 1.49. The number of benzene rings is 1. The summed E-state index contributed by atoms with van der Waals surface area (Å²) < 4.78 is 10.5. The van der Waals surface area contributed by atoms with E-state index in [9.17, 15) is 0 Å². The molecule has 2 heterocycles. The molecule has 1 aliphatic rings. The molecule has 0 amide bonds. The van der Waals surface area contributed by atoms with Gasteiger partial charge in [-0.15, -0.1) is 0 Å². The summed E-state index contributed by atoms with van der Waals surface area (Å²) in [6.45, 7) is 10.2. The van der Waals surface area contributed by atoms with Crippen LogP contribution in [-0.2, 0) is 13.1 Å². The van der Waals surface area contributed by atoms with Crippen molar-refractivity contribution in [2.24, 2.45) is 4.99 Å². The Morgan fingerprint density at radius 3 is 2.70 bits per heavy atom. The predicted octanol–water partition coefficient (Wildman–Crippen LogP) is 2.27. The van der Waals surface area contributed by atoms with Crippen molar-refractivity contribution in [2.45, 2.75) is 26.9 Å². The molecule has 0 saturated carbocycles. The van der Waals surface area contributed by atoms with Crippen LogP contribution in [0, 0.1) is 6.92 Å². The van der Waals surface area contributed by atoms with Crippen molar-refractivity contribution in [3.8, 4) is 5.75 Å². The van der Waals surface area contributed by atoms with Crippen molar-refractivity contribution in [3.05, 3.63) is 47.3 Å². The van der Waals surface area contributed by atoms with E-state index in [-0.39, 0.29) is 0 Å². The molecule has 1 aromatic heterocycles. The molecular formula is C20H29N5O2. The lowest BCUT2D eigenvalue weighted by molar-refractivity contribution is 0.169. The zero-order valence-electron chi connectivity index (χ0n) is 16.4. The summed E-state index contributed by atoms with van der Waals surface area (Å²) in [5, 5.41) is 7.48. The molecule has 0 spiro atoms. The third kappa shape index (κ3) is 5.23. The van der Waals surface area contributed by atoms with E-state index in [4.69, 9.17) is 9.26 Å². The molecule has 1 aliphatic heterocycles. The van der Waals surface area contributed by atoms with Crippen LogP contribution >= 0.6 is 0 Å². The number of hydrogen-bond donors (Lipinski definition) is 1. The molecule has 7 heteroatoms. The summed E-state index contributed by atoms with van der Waals surface area (Å²) in [6.07, 6.45) is 1.62. The van der Waals surface area contributed by atoms with Crippen LogP contribution in [0.5, 0.6) is 5.75 Å². The van der Waals surface area contributed by atoms with Gasteiger partial charge in [0.25, 0.3) is 0 Å². The molecule has 2 aromatic rings. The van der Waals surface area contributed by atoms with E-state index in [0.29, 0.717) is 6.61 Å². The lowest BCUT2D eigenvalue weighted by atomic mass is 10.1. The number of guanidine groups is 1. The average molecular weight is 371 g/mol. The van der Waals surface area contributed by atoms with Crippen molar-refractivity contribution in [1.82, 2.24) is 20.3 Å². The second kappa shape index (κ2) is 9.41. The third-order valence-electron chi connectivity index (χ3n) is 4.75. The molecule has 27 heavy (non-hydrogen) atoms. The van der Waals surface area contributed by atoms with Crippen LogP contribution in [0.4, 0.5) is 0 Å². The molecule has 0 unspecified atom stereocenters. The number of hydrogen-bond acceptors (Lipinski definition) is 5. The molecule has 1 N–H and O–H groups in total. The fourth-order valence-corrected chi connectivity index (χ4v) is 3.32. The first-order chi connectivity index (χ1) is 13.2. The Kier molecular flexibility index (Phi) is 6.70. The number of aromatic nitrogens is 1. The van der Waals surface area contributed by atoms with Gasteiger partial charge in [0, 0.05) is 52.4 Å². The second-order valence-corrected chi connectivity index (χ2v) is 6.69. The number of nitrogens with zero attached hydrogens (tertiary/aromatic N) is 4. The van der Waals surface area contributed by atoms with Crippen LogP contribution in [0.2, 0.25) is 0 Å². The highest BCUT2D eigenvalue weighted by Crippen LogP contribution is 2.19. The van der Waals surface area contributed by atoms with E-state index in [1.165, 1.54) is 5.56 Å². The third-order valence-corrected chi connectivity index (χ3v) is 4.75. The normalized spacial score (nSPS) is 15.8. The highest BCUT2D eigenvalue weighted by atomic mass is 16.5. The quantitative estimate of drug-likeness (QED) is 0.621. The van der Waals surface area contributed by atoms with Crippen LogP contribution < -0.4 is 10.1 Å². The van der Waals surface area contributed by atoms with Crippen LogP contribution in [0.3, 0.4) is 0 Å². The fraction of sp³-hybridized carbons (Fsp3) is 0.500. The minimum atomic E-state index is 0.688. The molecule has 0 atom stereocenters. The van der Waals surface area contributed by atoms with Gasteiger partial charge >= 0.3 is 0 Å². The molecule has 0 bridgehead atoms. The average Bonchev–Trinajstić information content (AvgIpc) is 3.19. The number of rotatable bonds is 6. The first-order valence-corrected chi connectivity index (χ1v) is 9.49. The molecule has 0 radical (unpaired) electrons. The Bertz CT molecular complexity index is 737. The lowest BCUT2D eigenvalue weighted by Crippen LogP contribution is -2.52. The molecule has 146 valence electrons. The van der Waals surface area contributed by atoms with Gasteiger partial charge in [-0.25, -0.2) is 0 Å². The zero-order valence-corrected chi connectivity index (χ0v) is 16.4. The van der Waals surface area contributed by atoms with Gasteiger partial charge < -0.3 is 19.5 Å². The van der Waals surface area contributed by atoms with E-state index in [0.717, 1.165) is 62.2 Å². The molecule has 3 rings (SSSR count). The van der Waals surface area contributed by atoms with Crippen LogP contribution in [-0.4, -0.2) is 60.7 Å². The Morgan fingerprint density at radius 2 is 2.07 bits per heavy atom. The number of ether oxygens (including phenoxy) is 1. The first kappa shape index (κ1) is 19.2. The maximum atomic E-state index is 5.61. The van der Waals surface area contributed by atoms with E-state index < -0.39 is 0 Å². The van der Waals surface area contributed by atoms with Crippen molar-refractivity contribution >= 4 is 5.96 Å². The summed E-state index contributed by atoms with van der Waals surface area (Å²) >= 11 is 0. The zero-order chi connectivity index (χ0) is 19.1. The van der Waals surface area contributed by atoms with Crippen molar-refractivity contribution in [1.29, 1.82) is 0 Å². The van der Waals surface area contributed by atoms with E-state index in [1.807, 2.05) is 26.1 Å². The monoisotopic (exact) mass is 371 g/mol. The summed E-state index contributed by atoms with van der Waals surface area (Å²) in [7, 11) is 1.84. The Labute approximate surface area is 161 Å². The largest absolute Gasteiger partial charge is 0.494 e. The minimum absolute atomic E-state index is 0.688. The number of nitrogens with one attached hydrogen (secondary N) is 1. The van der Waals surface area contributed by atoms with Crippen molar-refractivity contribution in [3.63, 3.8) is 0 Å². The van der Waals surface area contributed by atoms with E-state index >= 15 is 0 Å². The van der Waals surface area contributed by atoms with E-state index in [1.54, 1.807) is 6.26 Å². The number of aryl methyl sites for hydroxylation is 1. The molecule has 1 saturated heterocycles. The van der Waals surface area contributed by atoms with Gasteiger partial charge in [-0.1, -0.05) is 17.3 Å². The lowest BCUT2D eigenvalue weighted by Gasteiger charge is -2.36. The van der Waals surface area contributed by atoms with Gasteiger partial charge in [-0.3, -0.25) is 9.89 Å². The van der Waals surface area contributed by atoms with Crippen LogP contribution in [0.1, 0.15) is 23.7 Å². The highest BCUT2D eigenvalue weighted by Gasteiger charge is 2.20. The van der Waals surface area contributed by atoms with Crippen molar-refractivity contribution < 1.29 is 9.26 Å². The number of aliphatic imine (C=N–C) groups is 1. The molecule has 1 aromatic carbocycles. The molecule has 0 aliphatic carbocycles. The SMILES string of the molecule is CCOc1ccc(CNC(=NC)N2CCN(Cc3ccon3)CC2)cc1C. The maximum Gasteiger partial charge on any atom is 0.194 e. The van der Waals surface area contributed by atoms with Gasteiger partial charge in [0.2, 0.25) is 0 Å². The van der Waals surface area contributed by atoms with Crippen molar-refractivity contribution in [2.75, 3.05) is 39.8 Å². The Morgan fingerprint density at radius 1 is 1.26 bits per heavy atom. The summed E-state index contributed by atoms with van der Waals surface area (Å²) in [4.78, 5) is 9.15. The highest BCUT2D eigenvalue weighted by molar-refractivity contribution is 5.80. The van der Waals surface area contributed by atoms with Gasteiger partial charge in [0.15, 0.2) is 5.96 Å². The van der Waals surface area contributed by atoms with Gasteiger partial charge in [-0.2, -0.15) is 0 Å². The summed E-state index contributed by atoms with van der Waals surface area (Å²) in [6, 6.07) is 8.24. The maximum absolute atomic E-state index is 5.61. The standard InChI is InChI=1S/C20H29N5O2/c1-4-26-19-6-5-17(13-16(19)2)14-22-20(21-3)25-10-8-24(9-11-25)15-18-7-12-27-23-18/h5-7,12-13H,4,8-11,14-15H2,1-3H3,(H,21,22). The Hall–Kier alpha value is -2.54. The first-order valence-electron chi connectivity index (χ1n) is 9.49. The van der Waals surface area contributed by atoms with Crippen LogP contribution in [0.15, 0.2) is 40.0 Å². The van der Waals surface area contributed by atoms with E-state index in [2.05, 4.69) is 44.3 Å². The van der Waals surface area contributed by atoms with Gasteiger partial charge in [-0.05, 0) is 31.0 Å². The predicted molar refractivity (Wildman–Crippen MR) is 106 cm³/mol. The second-order valence-electron chi connectivity index (χ2n) is 6.69. The summed E-state index contributed by atoms with van der Waals surface area (Å²) in [5.74, 6) is 1.90.